The van der Waals surface area contributed by atoms with Gasteiger partial charge in [-0.2, -0.15) is 0 Å². The first-order valence-electron chi connectivity index (χ1n) is 5.85. The highest BCUT2D eigenvalue weighted by atomic mass is 35.5. The molecule has 0 spiro atoms. The summed E-state index contributed by atoms with van der Waals surface area (Å²) in [7, 11) is 0. The number of benzene rings is 2. The summed E-state index contributed by atoms with van der Waals surface area (Å²) in [4.78, 5) is 0. The summed E-state index contributed by atoms with van der Waals surface area (Å²) in [6.07, 6.45) is 0. The van der Waals surface area contributed by atoms with Crippen LogP contribution in [0.2, 0.25) is 5.02 Å². The number of halogens is 3. The summed E-state index contributed by atoms with van der Waals surface area (Å²) in [5.74, 6) is -1.55. The highest BCUT2D eigenvalue weighted by Gasteiger charge is 2.10. The quantitative estimate of drug-likeness (QED) is 0.394. The smallest absolute Gasteiger partial charge is 0.174 e. The molecule has 21 heavy (non-hydrogen) atoms. The van der Waals surface area contributed by atoms with Gasteiger partial charge in [-0.05, 0) is 35.9 Å². The summed E-state index contributed by atoms with van der Waals surface area (Å²) >= 11 is 5.82. The molecule has 0 fully saturated rings. The Balaban J connectivity index is 2.22. The Kier molecular flexibility index (Phi) is 4.59. The Morgan fingerprint density at radius 2 is 2.05 bits per heavy atom. The van der Waals surface area contributed by atoms with E-state index in [4.69, 9.17) is 27.3 Å². The van der Waals surface area contributed by atoms with Gasteiger partial charge in [0.15, 0.2) is 17.4 Å². The molecule has 2 rings (SSSR count). The van der Waals surface area contributed by atoms with Gasteiger partial charge in [-0.15, -0.1) is 0 Å². The van der Waals surface area contributed by atoms with Crippen molar-refractivity contribution in [2.24, 2.45) is 10.9 Å². The second-order valence-electron chi connectivity index (χ2n) is 4.17. The lowest BCUT2D eigenvalue weighted by atomic mass is 10.1. The third-order valence-electron chi connectivity index (χ3n) is 2.66. The van der Waals surface area contributed by atoms with E-state index in [-0.39, 0.29) is 28.8 Å². The van der Waals surface area contributed by atoms with Gasteiger partial charge in [0.25, 0.3) is 0 Å². The summed E-state index contributed by atoms with van der Waals surface area (Å²) in [5, 5.41) is 11.5. The molecule has 0 aliphatic carbocycles. The average Bonchev–Trinajstić information content (AvgIpc) is 2.45. The highest BCUT2D eigenvalue weighted by Crippen LogP contribution is 2.28. The molecular formula is C14H11ClF2N2O2. The molecule has 0 aromatic heterocycles. The van der Waals surface area contributed by atoms with Crippen LogP contribution in [0.5, 0.6) is 5.75 Å². The van der Waals surface area contributed by atoms with E-state index in [0.717, 1.165) is 6.07 Å². The van der Waals surface area contributed by atoms with Crippen LogP contribution in [0, 0.1) is 11.6 Å². The molecule has 0 heterocycles. The number of hydrogen-bond donors (Lipinski definition) is 2. The molecular weight excluding hydrogens is 302 g/mol. The number of rotatable bonds is 4. The molecule has 110 valence electrons. The zero-order valence-electron chi connectivity index (χ0n) is 10.7. The van der Waals surface area contributed by atoms with E-state index in [1.165, 1.54) is 30.3 Å². The number of hydrogen-bond acceptors (Lipinski definition) is 3. The summed E-state index contributed by atoms with van der Waals surface area (Å²) in [6.45, 7) is -0.121. The molecule has 7 heteroatoms. The Morgan fingerprint density at radius 1 is 1.29 bits per heavy atom. The Hall–Kier alpha value is -2.34. The van der Waals surface area contributed by atoms with Crippen molar-refractivity contribution in [3.63, 3.8) is 0 Å². The van der Waals surface area contributed by atoms with Crippen LogP contribution in [-0.4, -0.2) is 11.0 Å². The normalized spacial score (nSPS) is 11.5. The topological polar surface area (TPSA) is 67.8 Å². The summed E-state index contributed by atoms with van der Waals surface area (Å²) in [6, 6.07) is 7.90. The van der Waals surface area contributed by atoms with Crippen LogP contribution in [0.4, 0.5) is 8.78 Å². The number of nitrogens with two attached hydrogens (primary N) is 1. The van der Waals surface area contributed by atoms with Crippen LogP contribution < -0.4 is 10.5 Å². The lowest BCUT2D eigenvalue weighted by molar-refractivity contribution is 0.290. The van der Waals surface area contributed by atoms with E-state index in [2.05, 4.69) is 5.16 Å². The van der Waals surface area contributed by atoms with Gasteiger partial charge < -0.3 is 15.7 Å². The first kappa shape index (κ1) is 15.1. The van der Waals surface area contributed by atoms with Crippen molar-refractivity contribution in [3.8, 4) is 5.75 Å². The molecule has 0 saturated carbocycles. The van der Waals surface area contributed by atoms with Gasteiger partial charge in [0, 0.05) is 5.56 Å². The van der Waals surface area contributed by atoms with E-state index in [1.807, 2.05) is 0 Å². The predicted molar refractivity (Wildman–Crippen MR) is 74.7 cm³/mol. The summed E-state index contributed by atoms with van der Waals surface area (Å²) < 4.78 is 32.3. The van der Waals surface area contributed by atoms with Crippen LogP contribution in [-0.2, 0) is 6.61 Å². The molecule has 0 amide bonds. The van der Waals surface area contributed by atoms with Crippen molar-refractivity contribution in [2.45, 2.75) is 6.61 Å². The second kappa shape index (κ2) is 6.41. The average molecular weight is 313 g/mol. The lowest BCUT2D eigenvalue weighted by Gasteiger charge is -2.10. The largest absolute Gasteiger partial charge is 0.484 e. The number of ether oxygens (including phenoxy) is 1. The minimum absolute atomic E-state index is 0.114. The van der Waals surface area contributed by atoms with Gasteiger partial charge in [-0.1, -0.05) is 22.8 Å². The van der Waals surface area contributed by atoms with E-state index in [0.29, 0.717) is 5.56 Å². The third-order valence-corrected chi connectivity index (χ3v) is 2.96. The number of oxime groups is 1. The van der Waals surface area contributed by atoms with Crippen LogP contribution in [0.1, 0.15) is 11.1 Å². The molecule has 0 unspecified atom stereocenters. The Morgan fingerprint density at radius 3 is 2.71 bits per heavy atom. The molecule has 0 atom stereocenters. The fourth-order valence-electron chi connectivity index (χ4n) is 1.72. The minimum atomic E-state index is -0.615. The van der Waals surface area contributed by atoms with Crippen LogP contribution in [0.15, 0.2) is 41.6 Å². The minimum Gasteiger partial charge on any atom is -0.484 e. The van der Waals surface area contributed by atoms with Crippen LogP contribution in [0.25, 0.3) is 0 Å². The molecule has 0 radical (unpaired) electrons. The maximum absolute atomic E-state index is 13.5. The molecule has 2 aromatic rings. The molecule has 0 aliphatic rings. The fraction of sp³-hybridized carbons (Fsp3) is 0.0714. The van der Waals surface area contributed by atoms with Gasteiger partial charge >= 0.3 is 0 Å². The molecule has 3 N–H and O–H groups in total. The Labute approximate surface area is 124 Å². The SMILES string of the molecule is N/C(=N/O)c1cc(F)cc(COc2c(F)cccc2Cl)c1. The van der Waals surface area contributed by atoms with Gasteiger partial charge in [-0.25, -0.2) is 8.78 Å². The molecule has 0 aliphatic heterocycles. The van der Waals surface area contributed by atoms with E-state index in [1.54, 1.807) is 0 Å². The van der Waals surface area contributed by atoms with E-state index in [9.17, 15) is 8.78 Å². The molecule has 0 bridgehead atoms. The fourth-order valence-corrected chi connectivity index (χ4v) is 1.93. The van der Waals surface area contributed by atoms with Crippen molar-refractivity contribution in [1.29, 1.82) is 0 Å². The van der Waals surface area contributed by atoms with Crippen LogP contribution >= 0.6 is 11.6 Å². The first-order valence-corrected chi connectivity index (χ1v) is 6.23. The van der Waals surface area contributed by atoms with Crippen molar-refractivity contribution < 1.29 is 18.7 Å². The molecule has 4 nitrogen and oxygen atoms in total. The van der Waals surface area contributed by atoms with Crippen molar-refractivity contribution in [2.75, 3.05) is 0 Å². The standard InChI is InChI=1S/C14H11ClF2N2O2/c15-11-2-1-3-12(17)13(11)21-7-8-4-9(14(18)19-20)6-10(16)5-8/h1-6,20H,7H2,(H2,18,19). The third kappa shape index (κ3) is 3.61. The first-order chi connectivity index (χ1) is 10.0. The van der Waals surface area contributed by atoms with Crippen LogP contribution in [0.3, 0.4) is 0 Å². The van der Waals surface area contributed by atoms with Crippen molar-refractivity contribution in [3.05, 3.63) is 64.2 Å². The number of amidine groups is 1. The Bertz CT molecular complexity index is 672. The zero-order valence-corrected chi connectivity index (χ0v) is 11.4. The predicted octanol–water partition coefficient (Wildman–Crippen LogP) is 3.29. The van der Waals surface area contributed by atoms with Gasteiger partial charge in [-0.3, -0.25) is 0 Å². The van der Waals surface area contributed by atoms with E-state index >= 15 is 0 Å². The zero-order chi connectivity index (χ0) is 15.4. The maximum Gasteiger partial charge on any atom is 0.174 e. The monoisotopic (exact) mass is 312 g/mol. The van der Waals surface area contributed by atoms with Crippen molar-refractivity contribution >= 4 is 17.4 Å². The lowest BCUT2D eigenvalue weighted by Crippen LogP contribution is -2.14. The number of nitrogens with zero attached hydrogens (tertiary/aromatic N) is 1. The molecule has 0 saturated heterocycles. The van der Waals surface area contributed by atoms with Crippen molar-refractivity contribution in [1.82, 2.24) is 0 Å². The van der Waals surface area contributed by atoms with E-state index < -0.39 is 11.6 Å². The summed E-state index contributed by atoms with van der Waals surface area (Å²) in [5.41, 5.74) is 5.97. The van der Waals surface area contributed by atoms with Gasteiger partial charge in [0.05, 0.1) is 5.02 Å². The number of para-hydroxylation sites is 1. The highest BCUT2D eigenvalue weighted by molar-refractivity contribution is 6.32. The van der Waals surface area contributed by atoms with Gasteiger partial charge in [0.2, 0.25) is 0 Å². The maximum atomic E-state index is 13.5. The second-order valence-corrected chi connectivity index (χ2v) is 4.58. The molecule has 2 aromatic carbocycles. The van der Waals surface area contributed by atoms with Gasteiger partial charge in [0.1, 0.15) is 12.4 Å².